The van der Waals surface area contributed by atoms with Gasteiger partial charge in [-0.1, -0.05) is 20.4 Å². The van der Waals surface area contributed by atoms with E-state index in [1.807, 2.05) is 6.92 Å². The fourth-order valence-electron chi connectivity index (χ4n) is 3.63. The predicted octanol–water partition coefficient (Wildman–Crippen LogP) is 1.91. The SMILES string of the molecule is C=C1C(=O)O[C@H]2C[C@]3(C)O[C@@H]3C[C@@H](O)/C(C)=C/[C@H](OC(=O)C(C)C)[C@H]12. The molecular formula is C19H26O6. The Kier molecular flexibility index (Phi) is 4.54. The van der Waals surface area contributed by atoms with E-state index in [1.165, 1.54) is 0 Å². The fraction of sp³-hybridized carbons (Fsp3) is 0.684. The van der Waals surface area contributed by atoms with Gasteiger partial charge >= 0.3 is 11.9 Å². The first kappa shape index (κ1) is 18.1. The first-order valence-corrected chi connectivity index (χ1v) is 8.77. The number of carbonyl (C=O) groups excluding carboxylic acids is 2. The molecule has 138 valence electrons. The van der Waals surface area contributed by atoms with Crippen molar-refractivity contribution < 1.29 is 28.9 Å². The molecule has 0 bridgehead atoms. The summed E-state index contributed by atoms with van der Waals surface area (Å²) in [6.45, 7) is 11.1. The Morgan fingerprint density at radius 1 is 1.48 bits per heavy atom. The molecule has 0 radical (unpaired) electrons. The van der Waals surface area contributed by atoms with Crippen LogP contribution < -0.4 is 0 Å². The number of ether oxygens (including phenoxy) is 3. The standard InChI is InChI=1S/C19H26O6/c1-9(2)17(21)23-13-6-10(3)12(20)7-15-19(5,25-15)8-14-16(13)11(4)18(22)24-14/h6,9,12-16,20H,4,7-8H2,1-3,5H3/b10-6+/t12-,13+,14+,15-,16+,19+/m1/s1. The lowest BCUT2D eigenvalue weighted by atomic mass is 9.82. The second kappa shape index (κ2) is 6.25. The molecule has 1 aliphatic carbocycles. The minimum absolute atomic E-state index is 0.0752. The summed E-state index contributed by atoms with van der Waals surface area (Å²) < 4.78 is 16.9. The monoisotopic (exact) mass is 350 g/mol. The molecule has 0 unspecified atom stereocenters. The van der Waals surface area contributed by atoms with Crippen LogP contribution in [0.1, 0.15) is 40.5 Å². The van der Waals surface area contributed by atoms with Gasteiger partial charge in [0.1, 0.15) is 12.2 Å². The second-order valence-electron chi connectivity index (χ2n) is 7.84. The molecule has 0 saturated carbocycles. The maximum Gasteiger partial charge on any atom is 0.334 e. The van der Waals surface area contributed by atoms with Gasteiger partial charge in [-0.05, 0) is 25.5 Å². The number of esters is 2. The van der Waals surface area contributed by atoms with Crippen LogP contribution in [0.3, 0.4) is 0 Å². The molecule has 0 amide bonds. The number of aliphatic hydroxyl groups excluding tert-OH is 1. The first-order valence-electron chi connectivity index (χ1n) is 8.77. The number of epoxide rings is 1. The van der Waals surface area contributed by atoms with E-state index >= 15 is 0 Å². The molecule has 25 heavy (non-hydrogen) atoms. The lowest BCUT2D eigenvalue weighted by molar-refractivity contribution is -0.153. The lowest BCUT2D eigenvalue weighted by Gasteiger charge is -2.28. The summed E-state index contributed by atoms with van der Waals surface area (Å²) in [5.41, 5.74) is 0.539. The van der Waals surface area contributed by atoms with Crippen LogP contribution in [0.2, 0.25) is 0 Å². The Hall–Kier alpha value is -1.66. The van der Waals surface area contributed by atoms with Gasteiger partial charge in [-0.2, -0.15) is 0 Å². The van der Waals surface area contributed by atoms with Crippen LogP contribution in [0.15, 0.2) is 23.8 Å². The van der Waals surface area contributed by atoms with Crippen LogP contribution in [-0.2, 0) is 23.8 Å². The largest absolute Gasteiger partial charge is 0.458 e. The number of rotatable bonds is 2. The van der Waals surface area contributed by atoms with Crippen molar-refractivity contribution in [1.29, 1.82) is 0 Å². The van der Waals surface area contributed by atoms with Crippen LogP contribution in [0, 0.1) is 11.8 Å². The predicted molar refractivity (Wildman–Crippen MR) is 89.5 cm³/mol. The molecule has 2 heterocycles. The van der Waals surface area contributed by atoms with E-state index in [2.05, 4.69) is 6.58 Å². The van der Waals surface area contributed by atoms with Crippen molar-refractivity contribution >= 4 is 11.9 Å². The highest BCUT2D eigenvalue weighted by atomic mass is 16.6. The van der Waals surface area contributed by atoms with E-state index < -0.39 is 35.8 Å². The van der Waals surface area contributed by atoms with Crippen molar-refractivity contribution in [1.82, 2.24) is 0 Å². The molecular weight excluding hydrogens is 324 g/mol. The van der Waals surface area contributed by atoms with E-state index in [1.54, 1.807) is 26.8 Å². The Bertz CT molecular complexity index is 636. The lowest BCUT2D eigenvalue weighted by Crippen LogP contribution is -2.37. The number of aliphatic hydroxyl groups is 1. The van der Waals surface area contributed by atoms with Gasteiger partial charge in [-0.15, -0.1) is 0 Å². The van der Waals surface area contributed by atoms with Crippen molar-refractivity contribution in [3.05, 3.63) is 23.8 Å². The van der Waals surface area contributed by atoms with Crippen molar-refractivity contribution in [2.45, 2.75) is 70.6 Å². The van der Waals surface area contributed by atoms with E-state index in [4.69, 9.17) is 14.2 Å². The average molecular weight is 350 g/mol. The minimum Gasteiger partial charge on any atom is -0.458 e. The van der Waals surface area contributed by atoms with Crippen LogP contribution in [0.25, 0.3) is 0 Å². The minimum atomic E-state index is -0.701. The normalized spacial score (nSPS) is 42.8. The summed E-state index contributed by atoms with van der Waals surface area (Å²) >= 11 is 0. The summed E-state index contributed by atoms with van der Waals surface area (Å²) in [6, 6.07) is 0. The Morgan fingerprint density at radius 3 is 2.80 bits per heavy atom. The molecule has 1 N–H and O–H groups in total. The zero-order valence-electron chi connectivity index (χ0n) is 15.2. The highest BCUT2D eigenvalue weighted by Gasteiger charge is 2.58. The van der Waals surface area contributed by atoms with Gasteiger partial charge in [0.05, 0.1) is 29.6 Å². The van der Waals surface area contributed by atoms with Gasteiger partial charge in [-0.25, -0.2) is 4.79 Å². The molecule has 6 atom stereocenters. The van der Waals surface area contributed by atoms with E-state index in [0.717, 1.165) is 0 Å². The Labute approximate surface area is 147 Å². The van der Waals surface area contributed by atoms with E-state index in [-0.39, 0.29) is 18.0 Å². The van der Waals surface area contributed by atoms with E-state index in [9.17, 15) is 14.7 Å². The topological polar surface area (TPSA) is 85.4 Å². The molecule has 6 heteroatoms. The molecule has 3 rings (SSSR count). The van der Waals surface area contributed by atoms with Crippen molar-refractivity contribution in [3.8, 4) is 0 Å². The Balaban J connectivity index is 1.97. The average Bonchev–Trinajstić information content (AvgIpc) is 3.05. The summed E-state index contributed by atoms with van der Waals surface area (Å²) in [5.74, 6) is -1.60. The van der Waals surface area contributed by atoms with Gasteiger partial charge in [0, 0.05) is 18.4 Å². The molecule has 0 spiro atoms. The summed E-state index contributed by atoms with van der Waals surface area (Å²) in [5, 5.41) is 10.4. The fourth-order valence-corrected chi connectivity index (χ4v) is 3.63. The van der Waals surface area contributed by atoms with Gasteiger partial charge in [0.15, 0.2) is 0 Å². The number of carbonyl (C=O) groups is 2. The zero-order chi connectivity index (χ0) is 18.5. The van der Waals surface area contributed by atoms with Crippen LogP contribution >= 0.6 is 0 Å². The highest BCUT2D eigenvalue weighted by molar-refractivity contribution is 5.91. The summed E-state index contributed by atoms with van der Waals surface area (Å²) in [6.07, 6.45) is 0.759. The van der Waals surface area contributed by atoms with Crippen LogP contribution in [0.4, 0.5) is 0 Å². The molecule has 0 aromatic heterocycles. The maximum atomic E-state index is 12.2. The first-order chi connectivity index (χ1) is 11.6. The smallest absolute Gasteiger partial charge is 0.334 e. The van der Waals surface area contributed by atoms with Crippen LogP contribution in [0.5, 0.6) is 0 Å². The van der Waals surface area contributed by atoms with Gasteiger partial charge in [0.25, 0.3) is 0 Å². The number of fused-ring (bicyclic) bond motifs is 2. The molecule has 6 nitrogen and oxygen atoms in total. The zero-order valence-corrected chi connectivity index (χ0v) is 15.2. The molecule has 2 fully saturated rings. The number of hydrogen-bond donors (Lipinski definition) is 1. The molecule has 3 aliphatic rings. The third-order valence-corrected chi connectivity index (χ3v) is 5.43. The highest BCUT2D eigenvalue weighted by Crippen LogP contribution is 2.48. The van der Waals surface area contributed by atoms with Crippen LogP contribution in [-0.4, -0.2) is 47.1 Å². The summed E-state index contributed by atoms with van der Waals surface area (Å²) in [4.78, 5) is 24.3. The van der Waals surface area contributed by atoms with Gasteiger partial charge in [-0.3, -0.25) is 4.79 Å². The summed E-state index contributed by atoms with van der Waals surface area (Å²) in [7, 11) is 0. The van der Waals surface area contributed by atoms with E-state index in [0.29, 0.717) is 24.0 Å². The quantitative estimate of drug-likeness (QED) is 0.354. The molecule has 2 saturated heterocycles. The molecule has 2 aliphatic heterocycles. The molecule has 0 aromatic carbocycles. The van der Waals surface area contributed by atoms with Gasteiger partial charge < -0.3 is 19.3 Å². The number of hydrogen-bond acceptors (Lipinski definition) is 6. The molecule has 0 aromatic rings. The second-order valence-corrected chi connectivity index (χ2v) is 7.84. The Morgan fingerprint density at radius 2 is 2.16 bits per heavy atom. The third-order valence-electron chi connectivity index (χ3n) is 5.43. The maximum absolute atomic E-state index is 12.2. The van der Waals surface area contributed by atoms with Crippen molar-refractivity contribution in [2.75, 3.05) is 0 Å². The third kappa shape index (κ3) is 3.37. The van der Waals surface area contributed by atoms with Gasteiger partial charge in [0.2, 0.25) is 0 Å². The van der Waals surface area contributed by atoms with Crippen molar-refractivity contribution in [3.63, 3.8) is 0 Å². The van der Waals surface area contributed by atoms with Crippen molar-refractivity contribution in [2.24, 2.45) is 11.8 Å².